The molecular formula is C18H27N3O6S. The third-order valence-electron chi connectivity index (χ3n) is 4.74. The van der Waals surface area contributed by atoms with Gasteiger partial charge in [-0.15, -0.1) is 0 Å². The van der Waals surface area contributed by atoms with Crippen LogP contribution in [0, 0.1) is 22.0 Å². The van der Waals surface area contributed by atoms with Gasteiger partial charge in [0, 0.05) is 32.1 Å². The van der Waals surface area contributed by atoms with Gasteiger partial charge in [0.05, 0.1) is 16.9 Å². The number of piperidine rings is 1. The molecular weight excluding hydrogens is 386 g/mol. The number of carbonyl (C=O) groups excluding carboxylic acids is 1. The van der Waals surface area contributed by atoms with Crippen molar-refractivity contribution >= 4 is 27.4 Å². The highest BCUT2D eigenvalue weighted by Gasteiger charge is 2.33. The van der Waals surface area contributed by atoms with Crippen LogP contribution in [0.5, 0.6) is 0 Å². The van der Waals surface area contributed by atoms with Crippen LogP contribution in [0.25, 0.3) is 0 Å². The van der Waals surface area contributed by atoms with Crippen molar-refractivity contribution in [3.8, 4) is 0 Å². The van der Waals surface area contributed by atoms with Gasteiger partial charge in [-0.25, -0.2) is 8.42 Å². The lowest BCUT2D eigenvalue weighted by Crippen LogP contribution is -2.42. The smallest absolute Gasteiger partial charge is 0.305 e. The molecule has 1 fully saturated rings. The summed E-state index contributed by atoms with van der Waals surface area (Å²) in [6, 6.07) is 3.89. The lowest BCUT2D eigenvalue weighted by Gasteiger charge is -2.34. The van der Waals surface area contributed by atoms with Gasteiger partial charge in [-0.2, -0.15) is 4.31 Å². The minimum atomic E-state index is -3.80. The number of carbonyl (C=O) groups is 1. The average Bonchev–Trinajstić information content (AvgIpc) is 2.64. The maximum absolute atomic E-state index is 13.0. The maximum Gasteiger partial charge on any atom is 0.305 e. The summed E-state index contributed by atoms with van der Waals surface area (Å²) >= 11 is 0. The summed E-state index contributed by atoms with van der Waals surface area (Å²) in [6.07, 6.45) is 1.59. The highest BCUT2D eigenvalue weighted by molar-refractivity contribution is 7.89. The van der Waals surface area contributed by atoms with Gasteiger partial charge in [0.2, 0.25) is 10.0 Å². The van der Waals surface area contributed by atoms with E-state index in [1.165, 1.54) is 23.5 Å². The molecule has 1 heterocycles. The van der Waals surface area contributed by atoms with Crippen molar-refractivity contribution in [2.45, 2.75) is 38.0 Å². The van der Waals surface area contributed by atoms with Gasteiger partial charge in [0.15, 0.2) is 0 Å². The molecule has 0 radical (unpaired) electrons. The summed E-state index contributed by atoms with van der Waals surface area (Å²) in [5.74, 6) is 0.122. The Morgan fingerprint density at radius 3 is 2.54 bits per heavy atom. The van der Waals surface area contributed by atoms with E-state index in [1.807, 2.05) is 13.8 Å². The van der Waals surface area contributed by atoms with Crippen molar-refractivity contribution in [2.24, 2.45) is 11.8 Å². The summed E-state index contributed by atoms with van der Waals surface area (Å²) in [7, 11) is -2.51. The van der Waals surface area contributed by atoms with Gasteiger partial charge in [-0.05, 0) is 36.8 Å². The Bertz CT molecular complexity index is 817. The van der Waals surface area contributed by atoms with Crippen molar-refractivity contribution in [3.63, 3.8) is 0 Å². The fourth-order valence-electron chi connectivity index (χ4n) is 3.48. The molecule has 1 saturated heterocycles. The van der Waals surface area contributed by atoms with E-state index in [0.29, 0.717) is 26.1 Å². The number of methoxy groups -OCH3 is 1. The minimum Gasteiger partial charge on any atom is -0.469 e. The number of hydrogen-bond acceptors (Lipinski definition) is 7. The van der Waals surface area contributed by atoms with Crippen LogP contribution in [-0.4, -0.2) is 50.4 Å². The van der Waals surface area contributed by atoms with Gasteiger partial charge in [-0.3, -0.25) is 14.9 Å². The molecule has 0 aromatic heterocycles. The van der Waals surface area contributed by atoms with Crippen LogP contribution in [0.2, 0.25) is 0 Å². The number of nitro groups is 1. The van der Waals surface area contributed by atoms with Crippen LogP contribution in [0.4, 0.5) is 11.4 Å². The molecule has 0 aliphatic carbocycles. The number of nitrogens with zero attached hydrogens (tertiary/aromatic N) is 2. The average molecular weight is 413 g/mol. The fraction of sp³-hybridized carbons (Fsp3) is 0.611. The Hall–Kier alpha value is -2.20. The first-order valence-corrected chi connectivity index (χ1v) is 10.7. The predicted molar refractivity (Wildman–Crippen MR) is 105 cm³/mol. The maximum atomic E-state index is 13.0. The van der Waals surface area contributed by atoms with Gasteiger partial charge in [0.1, 0.15) is 5.69 Å². The first kappa shape index (κ1) is 22.1. The van der Waals surface area contributed by atoms with E-state index in [0.717, 1.165) is 12.5 Å². The van der Waals surface area contributed by atoms with Crippen molar-refractivity contribution < 1.29 is 22.9 Å². The first-order chi connectivity index (χ1) is 13.1. The second-order valence-corrected chi connectivity index (χ2v) is 9.25. The molecule has 1 aliphatic rings. The summed E-state index contributed by atoms with van der Waals surface area (Å²) in [5, 5.41) is 14.3. The van der Waals surface area contributed by atoms with Crippen LogP contribution in [0.15, 0.2) is 23.1 Å². The van der Waals surface area contributed by atoms with E-state index in [1.54, 1.807) is 0 Å². The normalized spacial score (nSPS) is 20.5. The summed E-state index contributed by atoms with van der Waals surface area (Å²) in [6.45, 7) is 5.15. The molecule has 1 N–H and O–H groups in total. The Labute approximate surface area is 165 Å². The molecule has 0 bridgehead atoms. The van der Waals surface area contributed by atoms with Crippen LogP contribution < -0.4 is 5.32 Å². The minimum absolute atomic E-state index is 0.0828. The van der Waals surface area contributed by atoms with Crippen molar-refractivity contribution in [1.29, 1.82) is 0 Å². The highest BCUT2D eigenvalue weighted by Crippen LogP contribution is 2.31. The fourth-order valence-corrected chi connectivity index (χ4v) is 5.18. The largest absolute Gasteiger partial charge is 0.469 e. The molecule has 0 spiro atoms. The van der Waals surface area contributed by atoms with Crippen molar-refractivity contribution in [3.05, 3.63) is 28.3 Å². The molecule has 156 valence electrons. The molecule has 28 heavy (non-hydrogen) atoms. The molecule has 0 saturated carbocycles. The molecule has 1 aliphatic heterocycles. The summed E-state index contributed by atoms with van der Waals surface area (Å²) < 4.78 is 31.9. The third kappa shape index (κ3) is 5.41. The van der Waals surface area contributed by atoms with E-state index in [-0.39, 0.29) is 40.5 Å². The molecule has 1 aromatic carbocycles. The quantitative estimate of drug-likeness (QED) is 0.301. The number of ether oxygens (including phenoxy) is 1. The second-order valence-electron chi connectivity index (χ2n) is 7.31. The number of nitro benzene ring substituents is 1. The van der Waals surface area contributed by atoms with Gasteiger partial charge >= 0.3 is 5.97 Å². The molecule has 0 amide bonds. The molecule has 10 heteroatoms. The lowest BCUT2D eigenvalue weighted by molar-refractivity contribution is -0.384. The summed E-state index contributed by atoms with van der Waals surface area (Å²) in [5.41, 5.74) is -0.0913. The Kier molecular flexibility index (Phi) is 7.36. The standard InChI is InChI=1S/C18H27N3O6S/c1-13-9-14(2)12-20(11-13)28(25,26)15-6-7-16(17(10-15)21(23)24)19-8-4-5-18(22)27-3/h6-7,10,13-14,19H,4-5,8-9,11-12H2,1-3H3/t13-,14+. The SMILES string of the molecule is COC(=O)CCCNc1ccc(S(=O)(=O)N2C[C@H](C)C[C@H](C)C2)cc1[N+](=O)[O-]. The number of rotatable bonds is 8. The van der Waals surface area contributed by atoms with E-state index < -0.39 is 14.9 Å². The molecule has 1 aromatic rings. The van der Waals surface area contributed by atoms with Gasteiger partial charge in [-0.1, -0.05) is 13.8 Å². The number of esters is 1. The zero-order valence-corrected chi connectivity index (χ0v) is 17.2. The molecule has 2 rings (SSSR count). The molecule has 2 atom stereocenters. The summed E-state index contributed by atoms with van der Waals surface area (Å²) in [4.78, 5) is 21.9. The van der Waals surface area contributed by atoms with E-state index in [4.69, 9.17) is 0 Å². The van der Waals surface area contributed by atoms with Crippen LogP contribution in [0.3, 0.4) is 0 Å². The zero-order chi connectivity index (χ0) is 20.9. The monoisotopic (exact) mass is 413 g/mol. The van der Waals surface area contributed by atoms with Crippen molar-refractivity contribution in [2.75, 3.05) is 32.1 Å². The van der Waals surface area contributed by atoms with E-state index in [9.17, 15) is 23.3 Å². The topological polar surface area (TPSA) is 119 Å². The molecule has 0 unspecified atom stereocenters. The second kappa shape index (κ2) is 9.33. The third-order valence-corrected chi connectivity index (χ3v) is 6.57. The van der Waals surface area contributed by atoms with Crippen LogP contribution in [0.1, 0.15) is 33.1 Å². The van der Waals surface area contributed by atoms with Crippen LogP contribution >= 0.6 is 0 Å². The van der Waals surface area contributed by atoms with Crippen LogP contribution in [-0.2, 0) is 19.6 Å². The highest BCUT2D eigenvalue weighted by atomic mass is 32.2. The number of nitrogens with one attached hydrogen (secondary N) is 1. The number of benzene rings is 1. The van der Waals surface area contributed by atoms with Crippen molar-refractivity contribution in [1.82, 2.24) is 4.31 Å². The Morgan fingerprint density at radius 2 is 1.96 bits per heavy atom. The van der Waals surface area contributed by atoms with Gasteiger partial charge < -0.3 is 10.1 Å². The zero-order valence-electron chi connectivity index (χ0n) is 16.4. The van der Waals surface area contributed by atoms with Gasteiger partial charge in [0.25, 0.3) is 5.69 Å². The Balaban J connectivity index is 2.19. The lowest BCUT2D eigenvalue weighted by atomic mass is 9.94. The van der Waals surface area contributed by atoms with E-state index in [2.05, 4.69) is 10.1 Å². The number of anilines is 1. The molecule has 9 nitrogen and oxygen atoms in total. The Morgan fingerprint density at radius 1 is 1.32 bits per heavy atom. The number of hydrogen-bond donors (Lipinski definition) is 1. The first-order valence-electron chi connectivity index (χ1n) is 9.24. The predicted octanol–water partition coefficient (Wildman–Crippen LogP) is 2.63. The van der Waals surface area contributed by atoms with E-state index >= 15 is 0 Å². The number of sulfonamides is 1.